The molecule has 3 rings (SSSR count). The number of hydrogen-bond donors (Lipinski definition) is 1. The molecule has 0 atom stereocenters. The van der Waals surface area contributed by atoms with Gasteiger partial charge >= 0.3 is 6.03 Å². The van der Waals surface area contributed by atoms with E-state index in [1.807, 2.05) is 69.3 Å². The van der Waals surface area contributed by atoms with Crippen LogP contribution in [0, 0.1) is 13.8 Å². The normalized spacial score (nSPS) is 10.6. The number of hydrogen-bond acceptors (Lipinski definition) is 4. The summed E-state index contributed by atoms with van der Waals surface area (Å²) in [6.07, 6.45) is 0. The van der Waals surface area contributed by atoms with Gasteiger partial charge in [0.25, 0.3) is 0 Å². The van der Waals surface area contributed by atoms with Gasteiger partial charge in [0.1, 0.15) is 6.54 Å². The average molecular weight is 350 g/mol. The van der Waals surface area contributed by atoms with E-state index in [9.17, 15) is 4.79 Å². The molecule has 3 aromatic rings. The molecule has 2 amide bonds. The highest BCUT2D eigenvalue weighted by molar-refractivity contribution is 5.89. The maximum atomic E-state index is 12.5. The fourth-order valence-corrected chi connectivity index (χ4v) is 2.55. The van der Waals surface area contributed by atoms with Crippen LogP contribution in [0.3, 0.4) is 0 Å². The van der Waals surface area contributed by atoms with Crippen molar-refractivity contribution in [2.75, 3.05) is 11.9 Å². The molecule has 0 fully saturated rings. The molecule has 1 aromatic heterocycles. The van der Waals surface area contributed by atoms with Gasteiger partial charge in [-0.15, -0.1) is 0 Å². The standard InChI is InChI=1S/C20H22N4O2/c1-4-24(20(25)21-17-10-8-14(2)9-11-17)13-18-22-19(23-26-18)16-7-5-6-15(3)12-16/h5-12H,4,13H2,1-3H3,(H,21,25). The van der Waals surface area contributed by atoms with E-state index >= 15 is 0 Å². The summed E-state index contributed by atoms with van der Waals surface area (Å²) in [4.78, 5) is 18.5. The van der Waals surface area contributed by atoms with Crippen molar-refractivity contribution in [3.05, 3.63) is 65.5 Å². The van der Waals surface area contributed by atoms with Gasteiger partial charge in [0.2, 0.25) is 11.7 Å². The Morgan fingerprint density at radius 3 is 2.58 bits per heavy atom. The molecule has 1 heterocycles. The first-order valence-corrected chi connectivity index (χ1v) is 8.57. The quantitative estimate of drug-likeness (QED) is 0.740. The summed E-state index contributed by atoms with van der Waals surface area (Å²) in [5.41, 5.74) is 3.92. The molecule has 0 saturated carbocycles. The summed E-state index contributed by atoms with van der Waals surface area (Å²) in [7, 11) is 0. The van der Waals surface area contributed by atoms with Crippen LogP contribution in [0.1, 0.15) is 23.9 Å². The van der Waals surface area contributed by atoms with Crippen LogP contribution >= 0.6 is 0 Å². The molecule has 0 aliphatic carbocycles. The summed E-state index contributed by atoms with van der Waals surface area (Å²) in [5, 5.41) is 6.91. The van der Waals surface area contributed by atoms with Crippen molar-refractivity contribution >= 4 is 11.7 Å². The summed E-state index contributed by atoms with van der Waals surface area (Å²) in [6, 6.07) is 15.4. The maximum Gasteiger partial charge on any atom is 0.322 e. The largest absolute Gasteiger partial charge is 0.337 e. The van der Waals surface area contributed by atoms with Crippen LogP contribution in [0.15, 0.2) is 53.1 Å². The average Bonchev–Trinajstić information content (AvgIpc) is 3.10. The number of nitrogens with zero attached hydrogens (tertiary/aromatic N) is 3. The van der Waals surface area contributed by atoms with E-state index in [2.05, 4.69) is 15.5 Å². The number of rotatable bonds is 5. The van der Waals surface area contributed by atoms with Crippen molar-refractivity contribution in [1.82, 2.24) is 15.0 Å². The van der Waals surface area contributed by atoms with Gasteiger partial charge in [-0.3, -0.25) is 0 Å². The van der Waals surface area contributed by atoms with Crippen molar-refractivity contribution < 1.29 is 9.32 Å². The SMILES string of the molecule is CCN(Cc1nc(-c2cccc(C)c2)no1)C(=O)Nc1ccc(C)cc1. The molecule has 0 saturated heterocycles. The first-order valence-electron chi connectivity index (χ1n) is 8.57. The Balaban J connectivity index is 1.68. The van der Waals surface area contributed by atoms with Gasteiger partial charge in [0.15, 0.2) is 0 Å². The molecule has 0 spiro atoms. The number of benzene rings is 2. The Hall–Kier alpha value is -3.15. The maximum absolute atomic E-state index is 12.5. The minimum absolute atomic E-state index is 0.202. The Bertz CT molecular complexity index is 887. The van der Waals surface area contributed by atoms with Crippen molar-refractivity contribution in [2.45, 2.75) is 27.3 Å². The Morgan fingerprint density at radius 2 is 1.88 bits per heavy atom. The van der Waals surface area contributed by atoms with E-state index in [-0.39, 0.29) is 12.6 Å². The number of carbonyl (C=O) groups excluding carboxylic acids is 1. The van der Waals surface area contributed by atoms with Crippen molar-refractivity contribution in [2.24, 2.45) is 0 Å². The first-order chi connectivity index (χ1) is 12.5. The number of amides is 2. The number of anilines is 1. The molecule has 0 unspecified atom stereocenters. The zero-order valence-corrected chi connectivity index (χ0v) is 15.2. The second-order valence-electron chi connectivity index (χ2n) is 6.19. The molecule has 6 nitrogen and oxygen atoms in total. The van der Waals surface area contributed by atoms with Crippen LogP contribution < -0.4 is 5.32 Å². The van der Waals surface area contributed by atoms with E-state index in [0.29, 0.717) is 18.3 Å². The summed E-state index contributed by atoms with van der Waals surface area (Å²) < 4.78 is 5.32. The summed E-state index contributed by atoms with van der Waals surface area (Å²) in [5.74, 6) is 0.932. The Morgan fingerprint density at radius 1 is 1.12 bits per heavy atom. The highest BCUT2D eigenvalue weighted by Crippen LogP contribution is 2.18. The number of urea groups is 1. The highest BCUT2D eigenvalue weighted by Gasteiger charge is 2.17. The fourth-order valence-electron chi connectivity index (χ4n) is 2.55. The minimum Gasteiger partial charge on any atom is -0.337 e. The molecule has 134 valence electrons. The number of nitrogens with one attached hydrogen (secondary N) is 1. The van der Waals surface area contributed by atoms with Crippen LogP contribution in [-0.4, -0.2) is 27.6 Å². The molecule has 0 aliphatic rings. The lowest BCUT2D eigenvalue weighted by Gasteiger charge is -2.19. The molecule has 2 aromatic carbocycles. The molecule has 0 radical (unpaired) electrons. The third-order valence-corrected chi connectivity index (χ3v) is 4.04. The zero-order chi connectivity index (χ0) is 18.5. The molecule has 0 aliphatic heterocycles. The van der Waals surface area contributed by atoms with Gasteiger partial charge < -0.3 is 14.7 Å². The summed E-state index contributed by atoms with van der Waals surface area (Å²) >= 11 is 0. The molecular formula is C20H22N4O2. The summed E-state index contributed by atoms with van der Waals surface area (Å²) in [6.45, 7) is 6.71. The minimum atomic E-state index is -0.202. The predicted octanol–water partition coefficient (Wildman–Crippen LogP) is 4.41. The second-order valence-corrected chi connectivity index (χ2v) is 6.19. The van der Waals surface area contributed by atoms with Crippen molar-refractivity contribution in [1.29, 1.82) is 0 Å². The molecule has 6 heteroatoms. The number of aromatic nitrogens is 2. The van der Waals surface area contributed by atoms with Crippen molar-refractivity contribution in [3.63, 3.8) is 0 Å². The number of aryl methyl sites for hydroxylation is 2. The van der Waals surface area contributed by atoms with Crippen LogP contribution in [0.4, 0.5) is 10.5 Å². The lowest BCUT2D eigenvalue weighted by atomic mass is 10.1. The van der Waals surface area contributed by atoms with E-state index in [4.69, 9.17) is 4.52 Å². The number of carbonyl (C=O) groups is 1. The molecule has 26 heavy (non-hydrogen) atoms. The van der Waals surface area contributed by atoms with Crippen LogP contribution in [0.2, 0.25) is 0 Å². The highest BCUT2D eigenvalue weighted by atomic mass is 16.5. The third-order valence-electron chi connectivity index (χ3n) is 4.04. The molecule has 0 bridgehead atoms. The predicted molar refractivity (Wildman–Crippen MR) is 101 cm³/mol. The monoisotopic (exact) mass is 350 g/mol. The lowest BCUT2D eigenvalue weighted by molar-refractivity contribution is 0.203. The van der Waals surface area contributed by atoms with Crippen molar-refractivity contribution in [3.8, 4) is 11.4 Å². The smallest absolute Gasteiger partial charge is 0.322 e. The van der Waals surface area contributed by atoms with Crippen LogP contribution in [0.25, 0.3) is 11.4 Å². The topological polar surface area (TPSA) is 71.3 Å². The Labute approximate surface area is 152 Å². The van der Waals surface area contributed by atoms with Gasteiger partial charge in [-0.2, -0.15) is 4.98 Å². The Kier molecular flexibility index (Phi) is 5.31. The van der Waals surface area contributed by atoms with Crippen LogP contribution in [-0.2, 0) is 6.54 Å². The van der Waals surface area contributed by atoms with Gasteiger partial charge in [0.05, 0.1) is 0 Å². The van der Waals surface area contributed by atoms with Gasteiger partial charge in [-0.05, 0) is 39.0 Å². The fraction of sp³-hybridized carbons (Fsp3) is 0.250. The van der Waals surface area contributed by atoms with Gasteiger partial charge in [-0.25, -0.2) is 4.79 Å². The second kappa shape index (κ2) is 7.82. The van der Waals surface area contributed by atoms with E-state index < -0.39 is 0 Å². The molecular weight excluding hydrogens is 328 g/mol. The van der Waals surface area contributed by atoms with E-state index in [1.54, 1.807) is 4.90 Å². The lowest BCUT2D eigenvalue weighted by Crippen LogP contribution is -2.34. The van der Waals surface area contributed by atoms with E-state index in [1.165, 1.54) is 0 Å². The first kappa shape index (κ1) is 17.7. The van der Waals surface area contributed by atoms with Crippen LogP contribution in [0.5, 0.6) is 0 Å². The molecule has 1 N–H and O–H groups in total. The zero-order valence-electron chi connectivity index (χ0n) is 15.2. The van der Waals surface area contributed by atoms with E-state index in [0.717, 1.165) is 22.4 Å². The van der Waals surface area contributed by atoms with Gasteiger partial charge in [0, 0.05) is 17.8 Å². The van der Waals surface area contributed by atoms with Gasteiger partial charge in [-0.1, -0.05) is 46.6 Å². The third kappa shape index (κ3) is 4.27.